The maximum Gasteiger partial charge on any atom is 0.162 e. The number of hydrogen-bond donors (Lipinski definition) is 1. The Kier molecular flexibility index (Phi) is 14.5. The van der Waals surface area contributed by atoms with Crippen molar-refractivity contribution in [2.24, 2.45) is 11.8 Å². The van der Waals surface area contributed by atoms with E-state index < -0.39 is 0 Å². The molecule has 3 aromatic carbocycles. The Morgan fingerprint density at radius 2 is 1.62 bits per heavy atom. The van der Waals surface area contributed by atoms with Crippen LogP contribution in [0.4, 0.5) is 4.39 Å². The molecule has 0 saturated heterocycles. The van der Waals surface area contributed by atoms with E-state index in [2.05, 4.69) is 81.2 Å². The molecule has 2 heterocycles. The number of benzene rings is 3. The molecule has 1 N–H and O–H groups in total. The Morgan fingerprint density at radius 1 is 0.958 bits per heavy atom. The number of aliphatic hydroxyl groups is 1. The largest absolute Gasteiger partial charge is 0.512 e. The Labute approximate surface area is 303 Å². The number of aromatic nitrogens is 2. The SMILES string of the molecule is CCC(CC)C(=O)/C=C(\O)C(CC)CC.Cc1c(CCCF)ccc2c1sc1c(-c3[c-]c4ccccc4c(C(C)(C)C)c3)ncnc12.[Ir]. The van der Waals surface area contributed by atoms with E-state index >= 15 is 0 Å². The Hall–Kier alpha value is -2.99. The molecule has 0 aliphatic carbocycles. The van der Waals surface area contributed by atoms with Crippen LogP contribution in [-0.4, -0.2) is 27.5 Å². The Bertz CT molecular complexity index is 1870. The van der Waals surface area contributed by atoms with Gasteiger partial charge in [-0.25, -0.2) is 4.98 Å². The molecule has 7 heteroatoms. The van der Waals surface area contributed by atoms with Crippen molar-refractivity contribution >= 4 is 48.2 Å². The number of fused-ring (bicyclic) bond motifs is 4. The smallest absolute Gasteiger partial charge is 0.162 e. The van der Waals surface area contributed by atoms with Crippen LogP contribution in [0.2, 0.25) is 0 Å². The zero-order valence-corrected chi connectivity index (χ0v) is 32.9. The van der Waals surface area contributed by atoms with Crippen molar-refractivity contribution in [3.8, 4) is 11.3 Å². The number of ketones is 1. The number of rotatable bonds is 11. The molecule has 0 bridgehead atoms. The average Bonchev–Trinajstić information content (AvgIpc) is 3.45. The van der Waals surface area contributed by atoms with Crippen molar-refractivity contribution in [2.75, 3.05) is 6.67 Å². The Morgan fingerprint density at radius 3 is 2.25 bits per heavy atom. The number of hydrogen-bond acceptors (Lipinski definition) is 5. The van der Waals surface area contributed by atoms with E-state index in [4.69, 9.17) is 4.98 Å². The number of halogens is 1. The molecule has 5 aromatic rings. The van der Waals surface area contributed by atoms with E-state index in [1.165, 1.54) is 32.9 Å². The predicted octanol–water partition coefficient (Wildman–Crippen LogP) is 11.8. The van der Waals surface area contributed by atoms with E-state index in [0.29, 0.717) is 6.42 Å². The summed E-state index contributed by atoms with van der Waals surface area (Å²) < 4.78 is 15.0. The number of carbonyl (C=O) groups is 1. The molecule has 0 saturated carbocycles. The van der Waals surface area contributed by atoms with Gasteiger partial charge in [0.2, 0.25) is 0 Å². The molecular formula is C41H50FIrN2O2S-. The molecule has 0 aliphatic heterocycles. The predicted molar refractivity (Wildman–Crippen MR) is 198 cm³/mol. The molecule has 48 heavy (non-hydrogen) atoms. The van der Waals surface area contributed by atoms with E-state index in [9.17, 15) is 14.3 Å². The second-order valence-corrected chi connectivity index (χ2v) is 14.4. The van der Waals surface area contributed by atoms with Crippen molar-refractivity contribution < 1.29 is 34.4 Å². The summed E-state index contributed by atoms with van der Waals surface area (Å²) in [6.45, 7) is 16.7. The van der Waals surface area contributed by atoms with Gasteiger partial charge in [0.1, 0.15) is 6.33 Å². The van der Waals surface area contributed by atoms with E-state index in [1.54, 1.807) is 17.7 Å². The zero-order chi connectivity index (χ0) is 34.3. The minimum absolute atomic E-state index is 0. The van der Waals surface area contributed by atoms with Crippen LogP contribution in [0.15, 0.2) is 60.6 Å². The van der Waals surface area contributed by atoms with Gasteiger partial charge >= 0.3 is 0 Å². The van der Waals surface area contributed by atoms with Crippen LogP contribution in [0.1, 0.15) is 97.3 Å². The van der Waals surface area contributed by atoms with Gasteiger partial charge in [0, 0.05) is 58.5 Å². The number of alkyl halides is 1. The summed E-state index contributed by atoms with van der Waals surface area (Å²) in [6, 6.07) is 18.6. The third-order valence-corrected chi connectivity index (χ3v) is 10.6. The van der Waals surface area contributed by atoms with Gasteiger partial charge in [0.25, 0.3) is 0 Å². The fourth-order valence-electron chi connectivity index (χ4n) is 6.29. The second kappa shape index (κ2) is 17.6. The van der Waals surface area contributed by atoms with Crippen LogP contribution < -0.4 is 0 Å². The van der Waals surface area contributed by atoms with E-state index in [1.807, 2.05) is 27.7 Å². The summed E-state index contributed by atoms with van der Waals surface area (Å²) in [5.74, 6) is 0.547. The maximum absolute atomic E-state index is 12.7. The quantitative estimate of drug-likeness (QED) is 0.0817. The van der Waals surface area contributed by atoms with Crippen molar-refractivity contribution in [1.82, 2.24) is 9.97 Å². The zero-order valence-electron chi connectivity index (χ0n) is 29.7. The summed E-state index contributed by atoms with van der Waals surface area (Å²) in [6.07, 6.45) is 7.89. The third kappa shape index (κ3) is 8.77. The number of nitrogens with zero attached hydrogens (tertiary/aromatic N) is 2. The monoisotopic (exact) mass is 846 g/mol. The van der Waals surface area contributed by atoms with E-state index in [-0.39, 0.29) is 55.6 Å². The van der Waals surface area contributed by atoms with Crippen molar-refractivity contribution in [3.05, 3.63) is 83.4 Å². The first-order valence-corrected chi connectivity index (χ1v) is 17.9. The van der Waals surface area contributed by atoms with E-state index in [0.717, 1.165) is 64.4 Å². The van der Waals surface area contributed by atoms with Crippen molar-refractivity contribution in [2.45, 2.75) is 99.3 Å². The first-order valence-electron chi connectivity index (χ1n) is 17.1. The molecule has 4 nitrogen and oxygen atoms in total. The molecule has 5 rings (SSSR count). The third-order valence-electron chi connectivity index (χ3n) is 9.28. The van der Waals surface area contributed by atoms with Crippen LogP contribution in [0, 0.1) is 24.8 Å². The number of thiophene rings is 1. The van der Waals surface area contributed by atoms with Gasteiger partial charge in [0.15, 0.2) is 5.78 Å². The second-order valence-electron chi connectivity index (χ2n) is 13.4. The first-order chi connectivity index (χ1) is 22.5. The van der Waals surface area contributed by atoms with Crippen LogP contribution in [-0.2, 0) is 36.7 Å². The molecule has 259 valence electrons. The number of aliphatic hydroxyl groups excluding tert-OH is 1. The molecule has 0 unspecified atom stereocenters. The number of aryl methyl sites for hydroxylation is 2. The van der Waals surface area contributed by atoms with Gasteiger partial charge in [-0.1, -0.05) is 89.7 Å². The van der Waals surface area contributed by atoms with Crippen molar-refractivity contribution in [3.63, 3.8) is 0 Å². The number of carbonyl (C=O) groups excluding carboxylic acids is 1. The average molecular weight is 846 g/mol. The van der Waals surface area contributed by atoms with Gasteiger partial charge in [-0.2, -0.15) is 0 Å². The van der Waals surface area contributed by atoms with Crippen LogP contribution in [0.3, 0.4) is 0 Å². The first kappa shape index (κ1) is 39.4. The molecular weight excluding hydrogens is 796 g/mol. The summed E-state index contributed by atoms with van der Waals surface area (Å²) in [4.78, 5) is 21.1. The minimum Gasteiger partial charge on any atom is -0.512 e. The molecule has 0 fully saturated rings. The van der Waals surface area contributed by atoms with Gasteiger partial charge in [-0.05, 0) is 62.0 Å². The molecule has 0 spiro atoms. The fourth-order valence-corrected chi connectivity index (χ4v) is 7.57. The van der Waals surface area contributed by atoms with Gasteiger partial charge in [-0.15, -0.1) is 40.5 Å². The summed E-state index contributed by atoms with van der Waals surface area (Å²) in [7, 11) is 0. The fraction of sp³-hybridized carbons (Fsp3) is 0.439. The number of allylic oxidation sites excluding steroid dienone is 2. The van der Waals surface area contributed by atoms with Crippen LogP contribution in [0.25, 0.3) is 42.3 Å². The summed E-state index contributed by atoms with van der Waals surface area (Å²) in [5, 5.41) is 13.2. The minimum atomic E-state index is -0.284. The molecule has 1 radical (unpaired) electrons. The summed E-state index contributed by atoms with van der Waals surface area (Å²) >= 11 is 1.74. The molecule has 0 amide bonds. The maximum atomic E-state index is 12.7. The molecule has 0 atom stereocenters. The van der Waals surface area contributed by atoms with Gasteiger partial charge < -0.3 is 5.11 Å². The van der Waals surface area contributed by atoms with Crippen LogP contribution >= 0.6 is 11.3 Å². The summed E-state index contributed by atoms with van der Waals surface area (Å²) in [5.41, 5.74) is 6.64. The topological polar surface area (TPSA) is 63.1 Å². The van der Waals surface area contributed by atoms with Crippen LogP contribution in [0.5, 0.6) is 0 Å². The van der Waals surface area contributed by atoms with Crippen molar-refractivity contribution in [1.29, 1.82) is 0 Å². The van der Waals surface area contributed by atoms with Gasteiger partial charge in [0.05, 0.1) is 18.0 Å². The molecule has 0 aliphatic rings. The standard InChI is InChI=1S/C28H26FN2S.C13H24O2.Ir/c1-17-18(9-7-13-29)11-12-22-25-27(32-26(17)22)24(30-16-31-25)20-14-19-8-5-6-10-21(19)23(15-20)28(2,3)4;1-5-10(6-2)12(14)9-13(15)11(7-3)8-4;/h5-6,8,10-12,15-16H,7,9,13H2,1-4H3;9-11,14H,5-8H2,1-4H3;/q-1;;/b;12-9-;. The van der Waals surface area contributed by atoms with Gasteiger partial charge in [-0.3, -0.25) is 14.2 Å². The Balaban J connectivity index is 0.000000334. The normalized spacial score (nSPS) is 12.1. The molecule has 2 aromatic heterocycles.